The average molecular weight is 292 g/mol. The van der Waals surface area contributed by atoms with Crippen LogP contribution in [0.5, 0.6) is 0 Å². The Bertz CT molecular complexity index is 430. The molecule has 1 N–H and O–H groups in total. The molecule has 0 radical (unpaired) electrons. The van der Waals surface area contributed by atoms with Gasteiger partial charge in [-0.1, -0.05) is 37.3 Å². The van der Waals surface area contributed by atoms with E-state index in [9.17, 15) is 9.90 Å². The molecule has 5 heteroatoms. The van der Waals surface area contributed by atoms with Crippen LogP contribution in [-0.2, 0) is 11.3 Å². The molecule has 1 fully saturated rings. The van der Waals surface area contributed by atoms with Crippen LogP contribution in [0.4, 0.5) is 4.79 Å². The molecular formula is C16H24N2O3. The van der Waals surface area contributed by atoms with Crippen LogP contribution in [0.1, 0.15) is 18.9 Å². The van der Waals surface area contributed by atoms with Crippen LogP contribution < -0.4 is 0 Å². The zero-order valence-electron chi connectivity index (χ0n) is 12.6. The van der Waals surface area contributed by atoms with Crippen molar-refractivity contribution in [3.8, 4) is 0 Å². The number of β-amino-alcohol motifs (C(OH)–C–C–N with tert-alkyl or cyclic N) is 1. The van der Waals surface area contributed by atoms with E-state index < -0.39 is 0 Å². The first kappa shape index (κ1) is 15.8. The van der Waals surface area contributed by atoms with E-state index in [1.54, 1.807) is 4.90 Å². The number of carbonyl (C=O) groups excluding carboxylic acids is 1. The predicted octanol–water partition coefficient (Wildman–Crippen LogP) is 1.71. The van der Waals surface area contributed by atoms with Gasteiger partial charge in [-0.05, 0) is 12.0 Å². The second-order valence-corrected chi connectivity index (χ2v) is 5.39. The second kappa shape index (κ2) is 8.00. The van der Waals surface area contributed by atoms with E-state index in [1.165, 1.54) is 0 Å². The van der Waals surface area contributed by atoms with E-state index in [0.717, 1.165) is 25.1 Å². The normalized spacial score (nSPS) is 17.5. The molecule has 2 rings (SSSR count). The molecule has 0 saturated carbocycles. The Morgan fingerprint density at radius 3 is 2.52 bits per heavy atom. The third kappa shape index (κ3) is 5.02. The van der Waals surface area contributed by atoms with Gasteiger partial charge in [0.05, 0.1) is 6.10 Å². The number of hydrogen-bond donors (Lipinski definition) is 1. The number of benzene rings is 1. The quantitative estimate of drug-likeness (QED) is 0.897. The Labute approximate surface area is 126 Å². The first-order chi connectivity index (χ1) is 10.2. The number of nitrogens with zero attached hydrogens (tertiary/aromatic N) is 2. The highest BCUT2D eigenvalue weighted by atomic mass is 16.6. The molecule has 1 heterocycles. The Kier molecular flexibility index (Phi) is 6.02. The van der Waals surface area contributed by atoms with Crippen molar-refractivity contribution >= 4 is 6.09 Å². The van der Waals surface area contributed by atoms with Crippen LogP contribution in [0, 0.1) is 0 Å². The van der Waals surface area contributed by atoms with Gasteiger partial charge in [-0.3, -0.25) is 4.90 Å². The van der Waals surface area contributed by atoms with Crippen LogP contribution in [-0.4, -0.2) is 59.8 Å². The summed E-state index contributed by atoms with van der Waals surface area (Å²) in [6.07, 6.45) is 0.232. The van der Waals surface area contributed by atoms with Gasteiger partial charge >= 0.3 is 6.09 Å². The smallest absolute Gasteiger partial charge is 0.410 e. The lowest BCUT2D eigenvalue weighted by molar-refractivity contribution is 0.0527. The summed E-state index contributed by atoms with van der Waals surface area (Å²) >= 11 is 0. The number of rotatable bonds is 5. The molecule has 0 aromatic heterocycles. The first-order valence-electron chi connectivity index (χ1n) is 7.55. The Balaban J connectivity index is 1.70. The fourth-order valence-corrected chi connectivity index (χ4v) is 2.35. The highest BCUT2D eigenvalue weighted by Crippen LogP contribution is 2.08. The van der Waals surface area contributed by atoms with Crippen LogP contribution in [0.2, 0.25) is 0 Å². The zero-order chi connectivity index (χ0) is 15.1. The average Bonchev–Trinajstić information content (AvgIpc) is 2.54. The molecule has 1 saturated heterocycles. The van der Waals surface area contributed by atoms with Crippen molar-refractivity contribution in [1.29, 1.82) is 0 Å². The van der Waals surface area contributed by atoms with Crippen LogP contribution in [0.15, 0.2) is 30.3 Å². The minimum atomic E-state index is -0.276. The lowest BCUT2D eigenvalue weighted by Gasteiger charge is -2.34. The Morgan fingerprint density at radius 1 is 1.24 bits per heavy atom. The monoisotopic (exact) mass is 292 g/mol. The minimum absolute atomic E-state index is 0.255. The highest BCUT2D eigenvalue weighted by Gasteiger charge is 2.23. The van der Waals surface area contributed by atoms with E-state index >= 15 is 0 Å². The fourth-order valence-electron chi connectivity index (χ4n) is 2.35. The van der Waals surface area contributed by atoms with Crippen molar-refractivity contribution in [2.45, 2.75) is 26.1 Å². The number of aliphatic hydroxyl groups is 1. The minimum Gasteiger partial charge on any atom is -0.445 e. The van der Waals surface area contributed by atoms with Gasteiger partial charge in [0, 0.05) is 32.7 Å². The maximum absolute atomic E-state index is 12.0. The number of piperazine rings is 1. The maximum Gasteiger partial charge on any atom is 0.410 e. The summed E-state index contributed by atoms with van der Waals surface area (Å²) in [5.74, 6) is 0. The molecule has 0 aliphatic carbocycles. The summed E-state index contributed by atoms with van der Waals surface area (Å²) in [5, 5.41) is 9.65. The molecule has 1 aliphatic heterocycles. The predicted molar refractivity (Wildman–Crippen MR) is 80.9 cm³/mol. The van der Waals surface area contributed by atoms with Crippen molar-refractivity contribution in [3.05, 3.63) is 35.9 Å². The molecule has 21 heavy (non-hydrogen) atoms. The van der Waals surface area contributed by atoms with E-state index in [0.29, 0.717) is 26.2 Å². The molecule has 1 aliphatic rings. The van der Waals surface area contributed by atoms with Crippen molar-refractivity contribution in [3.63, 3.8) is 0 Å². The summed E-state index contributed by atoms with van der Waals surface area (Å²) in [6.45, 7) is 5.86. The molecule has 0 bridgehead atoms. The van der Waals surface area contributed by atoms with Gasteiger partial charge in [-0.2, -0.15) is 0 Å². The van der Waals surface area contributed by atoms with E-state index in [-0.39, 0.29) is 12.2 Å². The second-order valence-electron chi connectivity index (χ2n) is 5.39. The van der Waals surface area contributed by atoms with Gasteiger partial charge in [0.2, 0.25) is 0 Å². The van der Waals surface area contributed by atoms with E-state index in [4.69, 9.17) is 4.74 Å². The maximum atomic E-state index is 12.0. The third-order valence-electron chi connectivity index (χ3n) is 3.78. The van der Waals surface area contributed by atoms with Crippen molar-refractivity contribution < 1.29 is 14.6 Å². The number of amides is 1. The summed E-state index contributed by atoms with van der Waals surface area (Å²) < 4.78 is 5.32. The number of carbonyl (C=O) groups is 1. The topological polar surface area (TPSA) is 53.0 Å². The molecule has 1 unspecified atom stereocenters. The van der Waals surface area contributed by atoms with Crippen LogP contribution in [0.25, 0.3) is 0 Å². The van der Waals surface area contributed by atoms with Gasteiger partial charge in [0.25, 0.3) is 0 Å². The molecular weight excluding hydrogens is 268 g/mol. The fraction of sp³-hybridized carbons (Fsp3) is 0.562. The summed E-state index contributed by atoms with van der Waals surface area (Å²) in [6, 6.07) is 9.69. The number of ether oxygens (including phenoxy) is 1. The standard InChI is InChI=1S/C16H24N2O3/c1-2-15(19)12-17-8-10-18(11-9-17)16(20)21-13-14-6-4-3-5-7-14/h3-7,15,19H,2,8-13H2,1H3. The molecule has 0 spiro atoms. The van der Waals surface area contributed by atoms with E-state index in [1.807, 2.05) is 37.3 Å². The van der Waals surface area contributed by atoms with Gasteiger partial charge in [-0.15, -0.1) is 0 Å². The lowest BCUT2D eigenvalue weighted by atomic mass is 10.2. The molecule has 1 atom stereocenters. The van der Waals surface area contributed by atoms with Crippen molar-refractivity contribution in [2.24, 2.45) is 0 Å². The first-order valence-corrected chi connectivity index (χ1v) is 7.55. The third-order valence-corrected chi connectivity index (χ3v) is 3.78. The van der Waals surface area contributed by atoms with Crippen molar-refractivity contribution in [1.82, 2.24) is 9.80 Å². The zero-order valence-corrected chi connectivity index (χ0v) is 12.6. The number of hydrogen-bond acceptors (Lipinski definition) is 4. The van der Waals surface area contributed by atoms with Crippen LogP contribution in [0.3, 0.4) is 0 Å². The van der Waals surface area contributed by atoms with Crippen LogP contribution >= 0.6 is 0 Å². The molecule has 5 nitrogen and oxygen atoms in total. The summed E-state index contributed by atoms with van der Waals surface area (Å²) in [4.78, 5) is 15.9. The lowest BCUT2D eigenvalue weighted by Crippen LogP contribution is -2.50. The Morgan fingerprint density at radius 2 is 1.90 bits per heavy atom. The van der Waals surface area contributed by atoms with Gasteiger partial charge in [-0.25, -0.2) is 4.79 Å². The molecule has 116 valence electrons. The largest absolute Gasteiger partial charge is 0.445 e. The molecule has 1 aromatic rings. The molecule has 1 amide bonds. The van der Waals surface area contributed by atoms with Crippen molar-refractivity contribution in [2.75, 3.05) is 32.7 Å². The van der Waals surface area contributed by atoms with Gasteiger partial charge < -0.3 is 14.7 Å². The summed E-state index contributed by atoms with van der Waals surface area (Å²) in [7, 11) is 0. The summed E-state index contributed by atoms with van der Waals surface area (Å²) in [5.41, 5.74) is 0.996. The number of aliphatic hydroxyl groups excluding tert-OH is 1. The highest BCUT2D eigenvalue weighted by molar-refractivity contribution is 5.67. The van der Waals surface area contributed by atoms with Gasteiger partial charge in [0.1, 0.15) is 6.61 Å². The molecule has 1 aromatic carbocycles. The SMILES string of the molecule is CCC(O)CN1CCN(C(=O)OCc2ccccc2)CC1. The van der Waals surface area contributed by atoms with E-state index in [2.05, 4.69) is 4.90 Å². The Hall–Kier alpha value is -1.59. The van der Waals surface area contributed by atoms with Gasteiger partial charge in [0.15, 0.2) is 0 Å².